The molecule has 1 saturated heterocycles. The Morgan fingerprint density at radius 3 is 2.45 bits per heavy atom. The molecule has 1 aromatic carbocycles. The minimum Gasteiger partial charge on any atom is -0.369 e. The molecule has 206 valence electrons. The third-order valence-corrected chi connectivity index (χ3v) is 8.69. The zero-order valence-corrected chi connectivity index (χ0v) is 22.4. The number of benzene rings is 1. The van der Waals surface area contributed by atoms with Crippen molar-refractivity contribution in [1.29, 1.82) is 0 Å². The van der Waals surface area contributed by atoms with Crippen molar-refractivity contribution in [3.05, 3.63) is 66.1 Å². The predicted molar refractivity (Wildman–Crippen MR) is 153 cm³/mol. The SMILES string of the molecule is Fc1cccc(F)c1Nc1cc(-c2nc(NCC3CCN(C4CCC4)CC3)c3c(C4CC4)cncc3n2)ccn1. The van der Waals surface area contributed by atoms with E-state index >= 15 is 0 Å². The third kappa shape index (κ3) is 5.10. The number of piperidine rings is 1. The maximum Gasteiger partial charge on any atom is 0.162 e. The van der Waals surface area contributed by atoms with E-state index in [4.69, 9.17) is 9.97 Å². The van der Waals surface area contributed by atoms with Crippen molar-refractivity contribution in [2.24, 2.45) is 5.92 Å². The second-order valence-corrected chi connectivity index (χ2v) is 11.4. The summed E-state index contributed by atoms with van der Waals surface area (Å²) in [4.78, 5) is 21.3. The molecule has 2 aliphatic carbocycles. The first-order chi connectivity index (χ1) is 19.6. The largest absolute Gasteiger partial charge is 0.369 e. The average Bonchev–Trinajstić information content (AvgIpc) is 3.79. The smallest absolute Gasteiger partial charge is 0.162 e. The fourth-order valence-electron chi connectivity index (χ4n) is 5.97. The number of nitrogens with zero attached hydrogens (tertiary/aromatic N) is 5. The Labute approximate surface area is 232 Å². The number of anilines is 3. The lowest BCUT2D eigenvalue weighted by molar-refractivity contribution is 0.0871. The van der Waals surface area contributed by atoms with E-state index in [-0.39, 0.29) is 5.69 Å². The molecule has 7 nitrogen and oxygen atoms in total. The van der Waals surface area contributed by atoms with Gasteiger partial charge in [0, 0.05) is 35.9 Å². The second kappa shape index (κ2) is 10.7. The molecule has 0 atom stereocenters. The summed E-state index contributed by atoms with van der Waals surface area (Å²) in [6, 6.07) is 8.08. The summed E-state index contributed by atoms with van der Waals surface area (Å²) in [7, 11) is 0. The molecule has 2 N–H and O–H groups in total. The monoisotopic (exact) mass is 541 g/mol. The van der Waals surface area contributed by atoms with E-state index in [0.29, 0.717) is 29.0 Å². The van der Waals surface area contributed by atoms with Crippen molar-refractivity contribution in [1.82, 2.24) is 24.8 Å². The molecule has 2 saturated carbocycles. The standard InChI is InChI=1S/C31H33F2N7/c32-24-5-2-6-25(33)29(24)38-27-15-21(9-12-35-27)30-37-26-18-34-17-23(20-7-8-20)28(26)31(39-30)36-16-19-10-13-40(14-11-19)22-3-1-4-22/h2,5-6,9,12,15,17-20,22H,1,3-4,7-8,10-11,13-14,16H2,(H,35,38)(H,36,37,39). The zero-order chi connectivity index (χ0) is 27.1. The van der Waals surface area contributed by atoms with E-state index in [9.17, 15) is 8.78 Å². The predicted octanol–water partition coefficient (Wildman–Crippen LogP) is 6.66. The number of nitrogens with one attached hydrogen (secondary N) is 2. The van der Waals surface area contributed by atoms with Crippen molar-refractivity contribution < 1.29 is 8.78 Å². The van der Waals surface area contributed by atoms with Gasteiger partial charge in [0.05, 0.1) is 11.7 Å². The summed E-state index contributed by atoms with van der Waals surface area (Å²) in [6.45, 7) is 3.23. The van der Waals surface area contributed by atoms with Gasteiger partial charge < -0.3 is 15.5 Å². The van der Waals surface area contributed by atoms with Gasteiger partial charge in [-0.3, -0.25) is 4.98 Å². The fourth-order valence-corrected chi connectivity index (χ4v) is 5.97. The van der Waals surface area contributed by atoms with Crippen molar-refractivity contribution >= 4 is 28.2 Å². The number of rotatable bonds is 8. The normalized spacial score (nSPS) is 18.6. The lowest BCUT2D eigenvalue weighted by Crippen LogP contribution is -2.45. The van der Waals surface area contributed by atoms with Gasteiger partial charge in [0.2, 0.25) is 0 Å². The van der Waals surface area contributed by atoms with Crippen LogP contribution in [0.15, 0.2) is 48.9 Å². The van der Waals surface area contributed by atoms with Gasteiger partial charge >= 0.3 is 0 Å². The molecule has 0 unspecified atom stereocenters. The van der Waals surface area contributed by atoms with Crippen LogP contribution in [0, 0.1) is 17.6 Å². The van der Waals surface area contributed by atoms with Gasteiger partial charge in [-0.05, 0) is 93.3 Å². The summed E-state index contributed by atoms with van der Waals surface area (Å²) in [6.07, 6.45) is 14.2. The highest BCUT2D eigenvalue weighted by molar-refractivity contribution is 5.93. The molecule has 1 aliphatic heterocycles. The highest BCUT2D eigenvalue weighted by Gasteiger charge is 2.30. The van der Waals surface area contributed by atoms with E-state index in [2.05, 4.69) is 25.5 Å². The van der Waals surface area contributed by atoms with Gasteiger partial charge in [-0.25, -0.2) is 23.7 Å². The van der Waals surface area contributed by atoms with Gasteiger partial charge in [-0.2, -0.15) is 0 Å². The molecule has 4 heterocycles. The molecular weight excluding hydrogens is 508 g/mol. The van der Waals surface area contributed by atoms with Crippen LogP contribution in [-0.4, -0.2) is 50.5 Å². The van der Waals surface area contributed by atoms with Gasteiger partial charge in [-0.15, -0.1) is 0 Å². The van der Waals surface area contributed by atoms with E-state index < -0.39 is 11.6 Å². The first-order valence-corrected chi connectivity index (χ1v) is 14.4. The molecule has 0 amide bonds. The summed E-state index contributed by atoms with van der Waals surface area (Å²) < 4.78 is 28.5. The third-order valence-electron chi connectivity index (χ3n) is 8.69. The van der Waals surface area contributed by atoms with E-state index in [1.807, 2.05) is 12.3 Å². The van der Waals surface area contributed by atoms with Crippen LogP contribution < -0.4 is 10.6 Å². The number of likely N-dealkylation sites (tertiary alicyclic amines) is 1. The Bertz CT molecular complexity index is 1510. The van der Waals surface area contributed by atoms with Crippen molar-refractivity contribution in [3.8, 4) is 11.4 Å². The lowest BCUT2D eigenvalue weighted by atomic mass is 9.88. The lowest BCUT2D eigenvalue weighted by Gasteiger charge is -2.41. The van der Waals surface area contributed by atoms with Crippen LogP contribution in [0.4, 0.5) is 26.1 Å². The van der Waals surface area contributed by atoms with Crippen LogP contribution in [0.3, 0.4) is 0 Å². The summed E-state index contributed by atoms with van der Waals surface area (Å²) >= 11 is 0. The molecule has 4 aromatic rings. The van der Waals surface area contributed by atoms with Gasteiger partial charge in [0.15, 0.2) is 5.82 Å². The number of hydrogen-bond acceptors (Lipinski definition) is 7. The highest BCUT2D eigenvalue weighted by Crippen LogP contribution is 2.44. The Kier molecular flexibility index (Phi) is 6.75. The first-order valence-electron chi connectivity index (χ1n) is 14.4. The van der Waals surface area contributed by atoms with Crippen molar-refractivity contribution in [2.45, 2.75) is 56.9 Å². The summed E-state index contributed by atoms with van der Waals surface area (Å²) in [5, 5.41) is 7.53. The van der Waals surface area contributed by atoms with E-state index in [0.717, 1.165) is 42.1 Å². The minimum atomic E-state index is -0.683. The van der Waals surface area contributed by atoms with E-state index in [1.54, 1.807) is 18.5 Å². The zero-order valence-electron chi connectivity index (χ0n) is 22.4. The van der Waals surface area contributed by atoms with Gasteiger partial charge in [-0.1, -0.05) is 12.5 Å². The van der Waals surface area contributed by atoms with E-state index in [1.165, 1.54) is 69.0 Å². The van der Waals surface area contributed by atoms with Gasteiger partial charge in [0.25, 0.3) is 0 Å². The van der Waals surface area contributed by atoms with Crippen LogP contribution >= 0.6 is 0 Å². The van der Waals surface area contributed by atoms with Crippen LogP contribution in [0.2, 0.25) is 0 Å². The summed E-state index contributed by atoms with van der Waals surface area (Å²) in [5.41, 5.74) is 2.46. The molecule has 3 aromatic heterocycles. The molecule has 0 radical (unpaired) electrons. The fraction of sp³-hybridized carbons (Fsp3) is 0.419. The quantitative estimate of drug-likeness (QED) is 0.258. The number of aromatic nitrogens is 4. The molecule has 3 aliphatic rings. The molecule has 7 rings (SSSR count). The summed E-state index contributed by atoms with van der Waals surface area (Å²) in [5.74, 6) is 1.40. The van der Waals surface area contributed by atoms with Crippen LogP contribution in [-0.2, 0) is 0 Å². The Hall–Kier alpha value is -3.72. The maximum absolute atomic E-state index is 14.2. The Morgan fingerprint density at radius 1 is 0.925 bits per heavy atom. The van der Waals surface area contributed by atoms with Crippen LogP contribution in [0.5, 0.6) is 0 Å². The minimum absolute atomic E-state index is 0.240. The Morgan fingerprint density at radius 2 is 1.73 bits per heavy atom. The van der Waals surface area contributed by atoms with Gasteiger partial charge in [0.1, 0.15) is 29.0 Å². The second-order valence-electron chi connectivity index (χ2n) is 11.4. The highest BCUT2D eigenvalue weighted by atomic mass is 19.1. The number of pyridine rings is 2. The van der Waals surface area contributed by atoms with Crippen molar-refractivity contribution in [2.75, 3.05) is 30.3 Å². The van der Waals surface area contributed by atoms with Crippen LogP contribution in [0.25, 0.3) is 22.3 Å². The first kappa shape index (κ1) is 25.3. The van der Waals surface area contributed by atoms with Crippen molar-refractivity contribution in [3.63, 3.8) is 0 Å². The molecule has 40 heavy (non-hydrogen) atoms. The number of para-hydroxylation sites is 1. The molecule has 0 bridgehead atoms. The number of hydrogen-bond donors (Lipinski definition) is 2. The molecule has 3 fully saturated rings. The maximum atomic E-state index is 14.2. The topological polar surface area (TPSA) is 78.9 Å². The average molecular weight is 542 g/mol. The molecule has 9 heteroatoms. The number of halogens is 2. The number of fused-ring (bicyclic) bond motifs is 1. The molecule has 0 spiro atoms. The Balaban J connectivity index is 1.17. The van der Waals surface area contributed by atoms with Crippen LogP contribution in [0.1, 0.15) is 56.4 Å². The molecular formula is C31H33F2N7.